The Morgan fingerprint density at radius 3 is 1.93 bits per heavy atom. The Kier molecular flexibility index (Phi) is 14.9. The zero-order valence-corrected chi connectivity index (χ0v) is 25.0. The maximum Gasteiger partial charge on any atom is 0.343 e. The van der Waals surface area contributed by atoms with Crippen molar-refractivity contribution >= 4 is 5.97 Å². The molecular weight excluding hydrogens is 515 g/mol. The van der Waals surface area contributed by atoms with Gasteiger partial charge in [-0.15, -0.1) is 0 Å². The number of hydrogen-bond acceptors (Lipinski definition) is 5. The Labute approximate surface area is 245 Å². The number of carbonyl (C=O) groups excluding carboxylic acids is 1. The normalized spacial score (nSPS) is 11.0. The Morgan fingerprint density at radius 1 is 0.732 bits per heavy atom. The van der Waals surface area contributed by atoms with Crippen LogP contribution in [0.4, 0.5) is 4.39 Å². The van der Waals surface area contributed by atoms with Gasteiger partial charge in [-0.25, -0.2) is 19.2 Å². The van der Waals surface area contributed by atoms with E-state index in [-0.39, 0.29) is 11.3 Å². The summed E-state index contributed by atoms with van der Waals surface area (Å²) in [6.07, 6.45) is 21.9. The first-order valence-corrected chi connectivity index (χ1v) is 15.7. The van der Waals surface area contributed by atoms with Gasteiger partial charge in [0.2, 0.25) is 0 Å². The van der Waals surface area contributed by atoms with E-state index in [2.05, 4.69) is 23.8 Å². The molecule has 0 aliphatic heterocycles. The van der Waals surface area contributed by atoms with Crippen molar-refractivity contribution in [2.24, 2.45) is 0 Å². The first kappa shape index (κ1) is 32.2. The summed E-state index contributed by atoms with van der Waals surface area (Å²) in [6.45, 7) is 4.91. The number of benzene rings is 2. The van der Waals surface area contributed by atoms with Crippen LogP contribution in [-0.4, -0.2) is 22.5 Å². The molecule has 0 amide bonds. The third-order valence-corrected chi connectivity index (χ3v) is 7.27. The van der Waals surface area contributed by atoms with Gasteiger partial charge in [0.05, 0.1) is 12.2 Å². The van der Waals surface area contributed by atoms with Crippen LogP contribution < -0.4 is 9.47 Å². The SMILES string of the molecule is CCCCCCCCCOc1ccc(C(=O)Oc2ccc(-c3ncc(CCCCCCCCC)cn3)cc2)cc1F. The number of unbranched alkanes of at least 4 members (excludes halogenated alkanes) is 12. The molecule has 0 spiro atoms. The fourth-order valence-electron chi connectivity index (χ4n) is 4.74. The second-order valence-electron chi connectivity index (χ2n) is 10.8. The molecule has 0 N–H and O–H groups in total. The van der Waals surface area contributed by atoms with Crippen LogP contribution in [0.2, 0.25) is 0 Å². The largest absolute Gasteiger partial charge is 0.491 e. The minimum Gasteiger partial charge on any atom is -0.491 e. The Bertz CT molecular complexity index is 1150. The molecule has 0 aliphatic carbocycles. The van der Waals surface area contributed by atoms with E-state index in [9.17, 15) is 9.18 Å². The predicted octanol–water partition coefficient (Wildman–Crippen LogP) is 9.92. The topological polar surface area (TPSA) is 61.3 Å². The highest BCUT2D eigenvalue weighted by Gasteiger charge is 2.13. The molecule has 3 rings (SSSR count). The summed E-state index contributed by atoms with van der Waals surface area (Å²) in [4.78, 5) is 21.6. The van der Waals surface area contributed by atoms with Crippen LogP contribution in [0.3, 0.4) is 0 Å². The minimum absolute atomic E-state index is 0.134. The standard InChI is InChI=1S/C35H47FN2O3/c1-3-5-7-9-11-13-15-17-28-26-37-34(38-27-28)29-18-21-31(22-19-29)41-35(39)30-20-23-33(32(36)25-30)40-24-16-14-12-10-8-6-4-2/h18-23,25-27H,3-17,24H2,1-2H3. The summed E-state index contributed by atoms with van der Waals surface area (Å²) in [5.41, 5.74) is 2.12. The highest BCUT2D eigenvalue weighted by Crippen LogP contribution is 2.23. The van der Waals surface area contributed by atoms with E-state index in [0.717, 1.165) is 36.8 Å². The quantitative estimate of drug-likeness (QED) is 0.0779. The number of aryl methyl sites for hydroxylation is 1. The first-order valence-electron chi connectivity index (χ1n) is 15.7. The molecule has 41 heavy (non-hydrogen) atoms. The van der Waals surface area contributed by atoms with Crippen LogP contribution >= 0.6 is 0 Å². The van der Waals surface area contributed by atoms with Crippen molar-refractivity contribution in [1.82, 2.24) is 9.97 Å². The van der Waals surface area contributed by atoms with Gasteiger partial charge in [0.25, 0.3) is 0 Å². The van der Waals surface area contributed by atoms with E-state index >= 15 is 0 Å². The summed E-state index contributed by atoms with van der Waals surface area (Å²) >= 11 is 0. The smallest absolute Gasteiger partial charge is 0.343 e. The third-order valence-electron chi connectivity index (χ3n) is 7.27. The van der Waals surface area contributed by atoms with Gasteiger partial charge in [-0.2, -0.15) is 0 Å². The lowest BCUT2D eigenvalue weighted by molar-refractivity contribution is 0.0734. The van der Waals surface area contributed by atoms with Crippen LogP contribution in [0.1, 0.15) is 120 Å². The lowest BCUT2D eigenvalue weighted by atomic mass is 10.1. The monoisotopic (exact) mass is 562 g/mol. The summed E-state index contributed by atoms with van der Waals surface area (Å²) in [6, 6.07) is 11.2. The first-order chi connectivity index (χ1) is 20.1. The number of rotatable bonds is 20. The molecule has 222 valence electrons. The third kappa shape index (κ3) is 12.0. The summed E-state index contributed by atoms with van der Waals surface area (Å²) in [5.74, 6) is -0.0359. The molecule has 1 heterocycles. The number of ether oxygens (including phenoxy) is 2. The van der Waals surface area contributed by atoms with Gasteiger partial charge in [0, 0.05) is 18.0 Å². The number of aromatic nitrogens is 2. The van der Waals surface area contributed by atoms with E-state index < -0.39 is 11.8 Å². The summed E-state index contributed by atoms with van der Waals surface area (Å²) in [5, 5.41) is 0. The van der Waals surface area contributed by atoms with Gasteiger partial charge in [-0.1, -0.05) is 90.9 Å². The molecule has 0 unspecified atom stereocenters. The molecule has 0 aliphatic rings. The molecule has 6 heteroatoms. The average Bonchev–Trinajstić information content (AvgIpc) is 2.99. The predicted molar refractivity (Wildman–Crippen MR) is 164 cm³/mol. The fraction of sp³-hybridized carbons (Fsp3) is 0.514. The van der Waals surface area contributed by atoms with E-state index in [1.807, 2.05) is 24.5 Å². The molecule has 1 aromatic heterocycles. The lowest BCUT2D eigenvalue weighted by Gasteiger charge is -2.09. The van der Waals surface area contributed by atoms with Crippen molar-refractivity contribution in [1.29, 1.82) is 0 Å². The van der Waals surface area contributed by atoms with Crippen molar-refractivity contribution in [3.63, 3.8) is 0 Å². The van der Waals surface area contributed by atoms with Gasteiger partial charge in [0.15, 0.2) is 17.4 Å². The lowest BCUT2D eigenvalue weighted by Crippen LogP contribution is -2.09. The molecule has 0 atom stereocenters. The zero-order chi connectivity index (χ0) is 29.1. The van der Waals surface area contributed by atoms with Crippen LogP contribution in [0.15, 0.2) is 54.9 Å². The summed E-state index contributed by atoms with van der Waals surface area (Å²) < 4.78 is 25.6. The molecule has 0 bridgehead atoms. The highest BCUT2D eigenvalue weighted by molar-refractivity contribution is 5.91. The van der Waals surface area contributed by atoms with Gasteiger partial charge in [-0.3, -0.25) is 0 Å². The number of esters is 1. The Balaban J connectivity index is 1.41. The summed E-state index contributed by atoms with van der Waals surface area (Å²) in [7, 11) is 0. The van der Waals surface area contributed by atoms with Crippen LogP contribution in [-0.2, 0) is 6.42 Å². The fourth-order valence-corrected chi connectivity index (χ4v) is 4.74. The molecule has 0 fully saturated rings. The van der Waals surface area contributed by atoms with Gasteiger partial charge in [-0.05, 0) is 67.3 Å². The van der Waals surface area contributed by atoms with Gasteiger partial charge < -0.3 is 9.47 Å². The molecule has 0 saturated carbocycles. The Morgan fingerprint density at radius 2 is 1.32 bits per heavy atom. The molecule has 2 aromatic carbocycles. The van der Waals surface area contributed by atoms with Crippen molar-refractivity contribution in [2.75, 3.05) is 6.61 Å². The van der Waals surface area contributed by atoms with Crippen LogP contribution in [0.5, 0.6) is 11.5 Å². The molecule has 3 aromatic rings. The second kappa shape index (κ2) is 19.0. The van der Waals surface area contributed by atoms with Crippen LogP contribution in [0, 0.1) is 5.82 Å². The molecule has 0 radical (unpaired) electrons. The zero-order valence-electron chi connectivity index (χ0n) is 25.0. The molecule has 0 saturated heterocycles. The maximum absolute atomic E-state index is 14.5. The molecule has 5 nitrogen and oxygen atoms in total. The number of halogens is 1. The van der Waals surface area contributed by atoms with E-state index in [1.54, 1.807) is 12.1 Å². The number of nitrogens with zero attached hydrogens (tertiary/aromatic N) is 2. The van der Waals surface area contributed by atoms with Gasteiger partial charge in [0.1, 0.15) is 5.75 Å². The van der Waals surface area contributed by atoms with E-state index in [1.165, 1.54) is 88.8 Å². The van der Waals surface area contributed by atoms with Gasteiger partial charge >= 0.3 is 5.97 Å². The second-order valence-corrected chi connectivity index (χ2v) is 10.8. The van der Waals surface area contributed by atoms with E-state index in [0.29, 0.717) is 18.2 Å². The van der Waals surface area contributed by atoms with E-state index in [4.69, 9.17) is 9.47 Å². The minimum atomic E-state index is -0.624. The van der Waals surface area contributed by atoms with Crippen molar-refractivity contribution in [2.45, 2.75) is 110 Å². The van der Waals surface area contributed by atoms with Crippen molar-refractivity contribution < 1.29 is 18.7 Å². The highest BCUT2D eigenvalue weighted by atomic mass is 19.1. The number of carbonyl (C=O) groups is 1. The van der Waals surface area contributed by atoms with Crippen molar-refractivity contribution in [3.05, 3.63) is 71.8 Å². The average molecular weight is 563 g/mol. The number of hydrogen-bond donors (Lipinski definition) is 0. The maximum atomic E-state index is 14.5. The van der Waals surface area contributed by atoms with Crippen molar-refractivity contribution in [3.8, 4) is 22.9 Å². The van der Waals surface area contributed by atoms with Crippen LogP contribution in [0.25, 0.3) is 11.4 Å². The Hall–Kier alpha value is -3.28. The molecular formula is C35H47FN2O3.